The molecule has 0 saturated heterocycles. The molecule has 0 aliphatic rings. The Morgan fingerprint density at radius 1 is 0.957 bits per heavy atom. The summed E-state index contributed by atoms with van der Waals surface area (Å²) in [5.74, 6) is 0.915. The third-order valence-corrected chi connectivity index (χ3v) is 4.12. The summed E-state index contributed by atoms with van der Waals surface area (Å²) < 4.78 is 0. The fourth-order valence-corrected chi connectivity index (χ4v) is 2.68. The van der Waals surface area contributed by atoms with Gasteiger partial charge >= 0.3 is 0 Å². The van der Waals surface area contributed by atoms with Crippen LogP contribution in [-0.4, -0.2) is 12.0 Å². The van der Waals surface area contributed by atoms with Gasteiger partial charge < -0.3 is 10.6 Å². The van der Waals surface area contributed by atoms with Gasteiger partial charge in [-0.1, -0.05) is 48.5 Å². The predicted molar refractivity (Wildman–Crippen MR) is 96.0 cm³/mol. The maximum absolute atomic E-state index is 6.40. The van der Waals surface area contributed by atoms with Crippen molar-refractivity contribution >= 4 is 11.5 Å². The van der Waals surface area contributed by atoms with Crippen molar-refractivity contribution in [1.82, 2.24) is 4.98 Å². The first-order chi connectivity index (χ1) is 11.2. The summed E-state index contributed by atoms with van der Waals surface area (Å²) in [5, 5.41) is 0. The molecule has 0 unspecified atom stereocenters. The van der Waals surface area contributed by atoms with Crippen LogP contribution in [0.2, 0.25) is 0 Å². The van der Waals surface area contributed by atoms with Gasteiger partial charge in [0, 0.05) is 18.9 Å². The maximum atomic E-state index is 6.40. The molecule has 3 nitrogen and oxygen atoms in total. The van der Waals surface area contributed by atoms with Gasteiger partial charge in [-0.15, -0.1) is 0 Å². The third kappa shape index (κ3) is 3.25. The van der Waals surface area contributed by atoms with Gasteiger partial charge in [0.15, 0.2) is 0 Å². The third-order valence-electron chi connectivity index (χ3n) is 4.12. The molecular weight excluding hydrogens is 282 g/mol. The molecule has 0 aliphatic heterocycles. The van der Waals surface area contributed by atoms with E-state index in [0.29, 0.717) is 0 Å². The highest BCUT2D eigenvalue weighted by Crippen LogP contribution is 2.27. The van der Waals surface area contributed by atoms with E-state index >= 15 is 0 Å². The Hall–Kier alpha value is -2.65. The molecule has 1 aromatic heterocycles. The monoisotopic (exact) mass is 303 g/mol. The van der Waals surface area contributed by atoms with E-state index in [1.807, 2.05) is 61.8 Å². The van der Waals surface area contributed by atoms with Crippen molar-refractivity contribution in [3.63, 3.8) is 0 Å². The molecule has 23 heavy (non-hydrogen) atoms. The molecule has 0 saturated carbocycles. The Balaban J connectivity index is 1.89. The summed E-state index contributed by atoms with van der Waals surface area (Å²) in [6, 6.07) is 22.3. The molecule has 3 aromatic rings. The van der Waals surface area contributed by atoms with Crippen LogP contribution in [0.15, 0.2) is 72.9 Å². The van der Waals surface area contributed by atoms with Gasteiger partial charge in [0.05, 0.1) is 6.04 Å². The molecule has 2 aromatic carbocycles. The minimum atomic E-state index is -0.153. The van der Waals surface area contributed by atoms with Crippen molar-refractivity contribution in [2.75, 3.05) is 11.9 Å². The minimum absolute atomic E-state index is 0.153. The van der Waals surface area contributed by atoms with Gasteiger partial charge in [0.25, 0.3) is 0 Å². The molecule has 1 heterocycles. The first kappa shape index (κ1) is 15.3. The smallest absolute Gasteiger partial charge is 0.132 e. The number of nitrogens with zero attached hydrogens (tertiary/aromatic N) is 2. The number of rotatable bonds is 4. The molecule has 3 rings (SSSR count). The highest BCUT2D eigenvalue weighted by molar-refractivity contribution is 5.60. The maximum Gasteiger partial charge on any atom is 0.132 e. The molecule has 0 fully saturated rings. The van der Waals surface area contributed by atoms with Gasteiger partial charge in [-0.05, 0) is 41.8 Å². The van der Waals surface area contributed by atoms with Gasteiger partial charge in [0.1, 0.15) is 5.82 Å². The van der Waals surface area contributed by atoms with Crippen LogP contribution in [0.1, 0.15) is 22.7 Å². The number of anilines is 2. The summed E-state index contributed by atoms with van der Waals surface area (Å²) in [6.07, 6.45) is 1.89. The van der Waals surface area contributed by atoms with Crippen molar-refractivity contribution < 1.29 is 0 Å². The summed E-state index contributed by atoms with van der Waals surface area (Å²) in [5.41, 5.74) is 10.8. The lowest BCUT2D eigenvalue weighted by Crippen LogP contribution is -2.16. The summed E-state index contributed by atoms with van der Waals surface area (Å²) in [7, 11) is 2.02. The summed E-state index contributed by atoms with van der Waals surface area (Å²) in [4.78, 5) is 6.68. The largest absolute Gasteiger partial charge is 0.329 e. The van der Waals surface area contributed by atoms with E-state index in [1.165, 1.54) is 0 Å². The van der Waals surface area contributed by atoms with E-state index < -0.39 is 0 Å². The molecule has 0 spiro atoms. The van der Waals surface area contributed by atoms with E-state index in [1.54, 1.807) is 0 Å². The average molecular weight is 303 g/mol. The fourth-order valence-electron chi connectivity index (χ4n) is 2.68. The second-order valence-electron chi connectivity index (χ2n) is 5.68. The zero-order valence-electron chi connectivity index (χ0n) is 13.5. The number of hydrogen-bond donors (Lipinski definition) is 1. The standard InChI is InChI=1S/C20H21N3/c1-15-13-19(23(2)17-11-7-4-8-12-17)22-14-18(15)20(21)16-9-5-3-6-10-16/h3-14,20H,21H2,1-2H3/t20-/m0/s1. The molecule has 0 radical (unpaired) electrons. The van der Waals surface area contributed by atoms with Gasteiger partial charge in [-0.2, -0.15) is 0 Å². The Morgan fingerprint density at radius 2 is 1.57 bits per heavy atom. The highest BCUT2D eigenvalue weighted by atomic mass is 15.2. The Labute approximate surface area is 137 Å². The van der Waals surface area contributed by atoms with Crippen LogP contribution in [0, 0.1) is 6.92 Å². The number of para-hydroxylation sites is 1. The molecule has 1 atom stereocenters. The Morgan fingerprint density at radius 3 is 2.17 bits per heavy atom. The van der Waals surface area contributed by atoms with E-state index in [2.05, 4.69) is 35.0 Å². The van der Waals surface area contributed by atoms with Crippen LogP contribution in [-0.2, 0) is 0 Å². The highest BCUT2D eigenvalue weighted by Gasteiger charge is 2.14. The number of aryl methyl sites for hydroxylation is 1. The van der Waals surface area contributed by atoms with Crippen molar-refractivity contribution in [1.29, 1.82) is 0 Å². The van der Waals surface area contributed by atoms with Gasteiger partial charge in [-0.3, -0.25) is 0 Å². The van der Waals surface area contributed by atoms with Crippen LogP contribution in [0.25, 0.3) is 0 Å². The SMILES string of the molecule is Cc1cc(N(C)c2ccccc2)ncc1[C@@H](N)c1ccccc1. The Bertz CT molecular complexity index is 769. The average Bonchev–Trinajstić information content (AvgIpc) is 2.62. The topological polar surface area (TPSA) is 42.2 Å². The molecule has 0 aliphatic carbocycles. The van der Waals surface area contributed by atoms with E-state index in [-0.39, 0.29) is 6.04 Å². The first-order valence-corrected chi connectivity index (χ1v) is 7.72. The number of nitrogens with two attached hydrogens (primary N) is 1. The molecule has 0 amide bonds. The van der Waals surface area contributed by atoms with E-state index in [9.17, 15) is 0 Å². The van der Waals surface area contributed by atoms with Crippen LogP contribution < -0.4 is 10.6 Å². The quantitative estimate of drug-likeness (QED) is 0.785. The zero-order chi connectivity index (χ0) is 16.2. The molecule has 116 valence electrons. The molecule has 0 bridgehead atoms. The van der Waals surface area contributed by atoms with Gasteiger partial charge in [-0.25, -0.2) is 4.98 Å². The predicted octanol–water partition coefficient (Wildman–Crippen LogP) is 4.21. The number of aromatic nitrogens is 1. The molecule has 3 heteroatoms. The van der Waals surface area contributed by atoms with Gasteiger partial charge in [0.2, 0.25) is 0 Å². The lowest BCUT2D eigenvalue weighted by molar-refractivity contribution is 0.851. The molecule has 2 N–H and O–H groups in total. The second-order valence-corrected chi connectivity index (χ2v) is 5.68. The normalized spacial score (nSPS) is 12.0. The van der Waals surface area contributed by atoms with Crippen molar-refractivity contribution in [2.24, 2.45) is 5.73 Å². The number of benzene rings is 2. The lowest BCUT2D eigenvalue weighted by Gasteiger charge is -2.21. The number of pyridine rings is 1. The summed E-state index contributed by atoms with van der Waals surface area (Å²) in [6.45, 7) is 2.09. The minimum Gasteiger partial charge on any atom is -0.329 e. The Kier molecular flexibility index (Phi) is 4.40. The van der Waals surface area contributed by atoms with E-state index in [4.69, 9.17) is 5.73 Å². The van der Waals surface area contributed by atoms with E-state index in [0.717, 1.165) is 28.2 Å². The summed E-state index contributed by atoms with van der Waals surface area (Å²) >= 11 is 0. The first-order valence-electron chi connectivity index (χ1n) is 7.72. The van der Waals surface area contributed by atoms with Crippen LogP contribution in [0.5, 0.6) is 0 Å². The van der Waals surface area contributed by atoms with Crippen LogP contribution in [0.3, 0.4) is 0 Å². The van der Waals surface area contributed by atoms with Crippen molar-refractivity contribution in [3.8, 4) is 0 Å². The molecular formula is C20H21N3. The van der Waals surface area contributed by atoms with Crippen molar-refractivity contribution in [2.45, 2.75) is 13.0 Å². The van der Waals surface area contributed by atoms with Crippen LogP contribution >= 0.6 is 0 Å². The van der Waals surface area contributed by atoms with Crippen LogP contribution in [0.4, 0.5) is 11.5 Å². The second kappa shape index (κ2) is 6.63. The number of hydrogen-bond acceptors (Lipinski definition) is 3. The fraction of sp³-hybridized carbons (Fsp3) is 0.150. The zero-order valence-corrected chi connectivity index (χ0v) is 13.5. The van der Waals surface area contributed by atoms with Crippen molar-refractivity contribution in [3.05, 3.63) is 89.6 Å². The lowest BCUT2D eigenvalue weighted by atomic mass is 9.97.